The van der Waals surface area contributed by atoms with E-state index < -0.39 is 0 Å². The lowest BCUT2D eigenvalue weighted by molar-refractivity contribution is 0.00866. The summed E-state index contributed by atoms with van der Waals surface area (Å²) in [6, 6.07) is 9.02. The third-order valence-corrected chi connectivity index (χ3v) is 4.20. The summed E-state index contributed by atoms with van der Waals surface area (Å²) in [5, 5.41) is 3.41. The van der Waals surface area contributed by atoms with Crippen LogP contribution in [0.25, 0.3) is 0 Å². The molecule has 1 saturated heterocycles. The Hall–Kier alpha value is -0.380. The molecule has 2 rings (SSSR count). The van der Waals surface area contributed by atoms with Gasteiger partial charge in [-0.1, -0.05) is 28.1 Å². The van der Waals surface area contributed by atoms with Gasteiger partial charge in [-0.05, 0) is 56.8 Å². The highest BCUT2D eigenvalue weighted by molar-refractivity contribution is 9.10. The van der Waals surface area contributed by atoms with Gasteiger partial charge < -0.3 is 10.1 Å². The van der Waals surface area contributed by atoms with Gasteiger partial charge in [0.15, 0.2) is 0 Å². The van der Waals surface area contributed by atoms with E-state index in [-0.39, 0.29) is 0 Å². The fraction of sp³-hybridized carbons (Fsp3) is 0.600. The zero-order chi connectivity index (χ0) is 12.8. The maximum absolute atomic E-state index is 5.79. The van der Waals surface area contributed by atoms with Gasteiger partial charge in [-0.15, -0.1) is 0 Å². The summed E-state index contributed by atoms with van der Waals surface area (Å²) in [6.45, 7) is 0.952. The summed E-state index contributed by atoms with van der Waals surface area (Å²) in [5.41, 5.74) is 1.36. The van der Waals surface area contributed by atoms with E-state index in [1.165, 1.54) is 24.8 Å². The van der Waals surface area contributed by atoms with Gasteiger partial charge in [-0.25, -0.2) is 0 Å². The Labute approximate surface area is 118 Å². The highest BCUT2D eigenvalue weighted by atomic mass is 79.9. The van der Waals surface area contributed by atoms with Crippen molar-refractivity contribution in [3.8, 4) is 0 Å². The van der Waals surface area contributed by atoms with Crippen LogP contribution in [0.5, 0.6) is 0 Å². The Morgan fingerprint density at radius 1 is 1.33 bits per heavy atom. The van der Waals surface area contributed by atoms with Crippen LogP contribution in [0.4, 0.5) is 0 Å². The molecule has 1 aliphatic rings. The van der Waals surface area contributed by atoms with E-state index in [0.29, 0.717) is 12.1 Å². The zero-order valence-electron chi connectivity index (χ0n) is 11.0. The molecule has 0 aliphatic carbocycles. The predicted octanol–water partition coefficient (Wildman–Crippen LogP) is 4.06. The Kier molecular flexibility index (Phi) is 5.67. The topological polar surface area (TPSA) is 21.3 Å². The SMILES string of the molecule is CNC(CCC1CCCCO1)c1ccc(Br)cc1. The Bertz CT molecular complexity index is 346. The van der Waals surface area contributed by atoms with Gasteiger partial charge in [0, 0.05) is 17.1 Å². The number of ether oxygens (including phenoxy) is 1. The zero-order valence-corrected chi connectivity index (χ0v) is 12.6. The van der Waals surface area contributed by atoms with Crippen molar-refractivity contribution in [2.45, 2.75) is 44.2 Å². The molecular weight excluding hydrogens is 290 g/mol. The van der Waals surface area contributed by atoms with Crippen molar-refractivity contribution in [1.82, 2.24) is 5.32 Å². The molecule has 1 heterocycles. The van der Waals surface area contributed by atoms with Crippen molar-refractivity contribution in [2.75, 3.05) is 13.7 Å². The van der Waals surface area contributed by atoms with Crippen LogP contribution in [-0.4, -0.2) is 19.8 Å². The third-order valence-electron chi connectivity index (χ3n) is 3.67. The predicted molar refractivity (Wildman–Crippen MR) is 78.8 cm³/mol. The van der Waals surface area contributed by atoms with Crippen LogP contribution in [0.3, 0.4) is 0 Å². The molecule has 0 aromatic heterocycles. The average molecular weight is 312 g/mol. The summed E-state index contributed by atoms with van der Waals surface area (Å²) < 4.78 is 6.93. The first kappa shape index (κ1) is 14.0. The van der Waals surface area contributed by atoms with E-state index in [4.69, 9.17) is 4.74 Å². The molecule has 1 aliphatic heterocycles. The van der Waals surface area contributed by atoms with Crippen LogP contribution >= 0.6 is 15.9 Å². The lowest BCUT2D eigenvalue weighted by Crippen LogP contribution is -2.23. The number of benzene rings is 1. The summed E-state index contributed by atoms with van der Waals surface area (Å²) >= 11 is 3.48. The number of hydrogen-bond donors (Lipinski definition) is 1. The van der Waals surface area contributed by atoms with Gasteiger partial charge in [-0.2, -0.15) is 0 Å². The molecular formula is C15H22BrNO. The van der Waals surface area contributed by atoms with E-state index >= 15 is 0 Å². The Morgan fingerprint density at radius 2 is 2.11 bits per heavy atom. The highest BCUT2D eigenvalue weighted by Crippen LogP contribution is 2.24. The molecule has 1 N–H and O–H groups in total. The van der Waals surface area contributed by atoms with Crippen molar-refractivity contribution in [2.24, 2.45) is 0 Å². The van der Waals surface area contributed by atoms with Crippen molar-refractivity contribution in [3.05, 3.63) is 34.3 Å². The first-order valence-electron chi connectivity index (χ1n) is 6.84. The molecule has 18 heavy (non-hydrogen) atoms. The molecule has 0 bridgehead atoms. The maximum atomic E-state index is 5.79. The maximum Gasteiger partial charge on any atom is 0.0575 e. The van der Waals surface area contributed by atoms with Gasteiger partial charge in [-0.3, -0.25) is 0 Å². The molecule has 0 spiro atoms. The van der Waals surface area contributed by atoms with E-state index in [1.807, 2.05) is 7.05 Å². The second-order valence-electron chi connectivity index (χ2n) is 4.96. The van der Waals surface area contributed by atoms with E-state index in [2.05, 4.69) is 45.5 Å². The van der Waals surface area contributed by atoms with Crippen molar-refractivity contribution in [1.29, 1.82) is 0 Å². The fourth-order valence-corrected chi connectivity index (χ4v) is 2.82. The molecule has 0 saturated carbocycles. The first-order chi connectivity index (χ1) is 8.79. The number of halogens is 1. The lowest BCUT2D eigenvalue weighted by Gasteiger charge is -2.25. The summed E-state index contributed by atoms with van der Waals surface area (Å²) in [5.74, 6) is 0. The van der Waals surface area contributed by atoms with Crippen LogP contribution in [0.15, 0.2) is 28.7 Å². The minimum atomic E-state index is 0.434. The van der Waals surface area contributed by atoms with E-state index in [0.717, 1.165) is 23.9 Å². The molecule has 0 radical (unpaired) electrons. The molecule has 0 amide bonds. The smallest absolute Gasteiger partial charge is 0.0575 e. The van der Waals surface area contributed by atoms with Crippen LogP contribution in [-0.2, 0) is 4.74 Å². The largest absolute Gasteiger partial charge is 0.378 e. The highest BCUT2D eigenvalue weighted by Gasteiger charge is 2.16. The second-order valence-corrected chi connectivity index (χ2v) is 5.87. The fourth-order valence-electron chi connectivity index (χ4n) is 2.56. The minimum Gasteiger partial charge on any atom is -0.378 e. The molecule has 2 nitrogen and oxygen atoms in total. The third kappa shape index (κ3) is 4.08. The standard InChI is InChI=1S/C15H22BrNO/c1-17-15(12-5-7-13(16)8-6-12)10-9-14-4-2-3-11-18-14/h5-8,14-15,17H,2-4,9-11H2,1H3. The van der Waals surface area contributed by atoms with Crippen LogP contribution < -0.4 is 5.32 Å². The summed E-state index contributed by atoms with van der Waals surface area (Å²) in [4.78, 5) is 0. The van der Waals surface area contributed by atoms with Crippen LogP contribution in [0.1, 0.15) is 43.7 Å². The molecule has 1 aromatic rings. The van der Waals surface area contributed by atoms with E-state index in [9.17, 15) is 0 Å². The average Bonchev–Trinajstić information content (AvgIpc) is 2.42. The summed E-state index contributed by atoms with van der Waals surface area (Å²) in [6.07, 6.45) is 6.57. The minimum absolute atomic E-state index is 0.434. The van der Waals surface area contributed by atoms with E-state index in [1.54, 1.807) is 0 Å². The number of rotatable bonds is 5. The number of nitrogens with one attached hydrogen (secondary N) is 1. The van der Waals surface area contributed by atoms with Gasteiger partial charge in [0.1, 0.15) is 0 Å². The monoisotopic (exact) mass is 311 g/mol. The number of hydrogen-bond acceptors (Lipinski definition) is 2. The second kappa shape index (κ2) is 7.27. The molecule has 2 atom stereocenters. The van der Waals surface area contributed by atoms with Crippen molar-refractivity contribution < 1.29 is 4.74 Å². The van der Waals surface area contributed by atoms with Gasteiger partial charge in [0.05, 0.1) is 6.10 Å². The van der Waals surface area contributed by atoms with Gasteiger partial charge >= 0.3 is 0 Å². The molecule has 100 valence electrons. The van der Waals surface area contributed by atoms with Crippen molar-refractivity contribution in [3.63, 3.8) is 0 Å². The van der Waals surface area contributed by atoms with Crippen molar-refractivity contribution >= 4 is 15.9 Å². The Morgan fingerprint density at radius 3 is 2.72 bits per heavy atom. The normalized spacial score (nSPS) is 21.8. The van der Waals surface area contributed by atoms with Gasteiger partial charge in [0.25, 0.3) is 0 Å². The molecule has 1 fully saturated rings. The van der Waals surface area contributed by atoms with Crippen LogP contribution in [0, 0.1) is 0 Å². The molecule has 2 unspecified atom stereocenters. The summed E-state index contributed by atoms with van der Waals surface area (Å²) in [7, 11) is 2.04. The lowest BCUT2D eigenvalue weighted by atomic mass is 9.97. The first-order valence-corrected chi connectivity index (χ1v) is 7.63. The molecule has 1 aromatic carbocycles. The quantitative estimate of drug-likeness (QED) is 0.885. The Balaban J connectivity index is 1.86. The molecule has 3 heteroatoms. The van der Waals surface area contributed by atoms with Gasteiger partial charge in [0.2, 0.25) is 0 Å². The van der Waals surface area contributed by atoms with Crippen LogP contribution in [0.2, 0.25) is 0 Å².